The van der Waals surface area contributed by atoms with Gasteiger partial charge in [-0.3, -0.25) is 23.9 Å². The molecule has 210 valence electrons. The van der Waals surface area contributed by atoms with Crippen LogP contribution in [0.15, 0.2) is 12.2 Å². The van der Waals surface area contributed by atoms with Crippen LogP contribution in [0.2, 0.25) is 0 Å². The average Bonchev–Trinajstić information content (AvgIpc) is 3.74. The van der Waals surface area contributed by atoms with Crippen molar-refractivity contribution in [2.75, 3.05) is 6.54 Å². The summed E-state index contributed by atoms with van der Waals surface area (Å²) in [6, 6.07) is -1.45. The highest BCUT2D eigenvalue weighted by Crippen LogP contribution is 2.46. The lowest BCUT2D eigenvalue weighted by molar-refractivity contribution is -0.142. The third-order valence-corrected chi connectivity index (χ3v) is 10.6. The Balaban J connectivity index is 1.39. The molecular formula is C27H40N4O6S. The zero-order valence-corrected chi connectivity index (χ0v) is 22.9. The lowest BCUT2D eigenvalue weighted by atomic mass is 10.0. The van der Waals surface area contributed by atoms with Crippen molar-refractivity contribution >= 4 is 33.7 Å². The molecule has 2 heterocycles. The first-order chi connectivity index (χ1) is 18.1. The van der Waals surface area contributed by atoms with Crippen LogP contribution in [0.5, 0.6) is 0 Å². The molecule has 0 bridgehead atoms. The van der Waals surface area contributed by atoms with E-state index < -0.39 is 44.7 Å². The Morgan fingerprint density at radius 2 is 1.87 bits per heavy atom. The summed E-state index contributed by atoms with van der Waals surface area (Å²) in [5.41, 5.74) is -1.34. The Morgan fingerprint density at radius 1 is 1.11 bits per heavy atom. The Labute approximate surface area is 224 Å². The van der Waals surface area contributed by atoms with Gasteiger partial charge in [0.05, 0.1) is 5.25 Å². The number of carbonyl (C=O) groups is 4. The molecule has 3 saturated carbocycles. The SMILES string of the molecule is CC[C@@H]1C[C@H]2C(=O)N[C@]3(C(=O)NS(=O)(=O)C4CC4)C[C@@H]3/C=C\CCCCC[C@H](NC(=O)C3CC3)C(=O)N2C1. The summed E-state index contributed by atoms with van der Waals surface area (Å²) in [4.78, 5) is 55.0. The zero-order valence-electron chi connectivity index (χ0n) is 22.1. The van der Waals surface area contributed by atoms with Gasteiger partial charge in [0.15, 0.2) is 0 Å². The van der Waals surface area contributed by atoms with Crippen LogP contribution in [0.4, 0.5) is 0 Å². The van der Waals surface area contributed by atoms with Gasteiger partial charge in [-0.15, -0.1) is 0 Å². The summed E-state index contributed by atoms with van der Waals surface area (Å²) < 4.78 is 27.3. The van der Waals surface area contributed by atoms with Gasteiger partial charge in [-0.05, 0) is 63.7 Å². The van der Waals surface area contributed by atoms with E-state index in [2.05, 4.69) is 15.4 Å². The summed E-state index contributed by atoms with van der Waals surface area (Å²) in [6.07, 6.45) is 12.1. The van der Waals surface area contributed by atoms with Crippen molar-refractivity contribution in [3.63, 3.8) is 0 Å². The molecule has 0 spiro atoms. The topological polar surface area (TPSA) is 142 Å². The van der Waals surface area contributed by atoms with Crippen LogP contribution in [-0.4, -0.2) is 66.4 Å². The van der Waals surface area contributed by atoms with E-state index in [1.807, 2.05) is 19.1 Å². The van der Waals surface area contributed by atoms with Crippen molar-refractivity contribution in [2.45, 2.75) is 107 Å². The predicted octanol–water partition coefficient (Wildman–Crippen LogP) is 1.51. The maximum atomic E-state index is 13.8. The van der Waals surface area contributed by atoms with Crippen LogP contribution < -0.4 is 15.4 Å². The molecule has 38 heavy (non-hydrogen) atoms. The molecule has 0 aromatic heterocycles. The average molecular weight is 549 g/mol. The number of hydrogen-bond acceptors (Lipinski definition) is 6. The fourth-order valence-electron chi connectivity index (χ4n) is 5.82. The van der Waals surface area contributed by atoms with Crippen molar-refractivity contribution in [2.24, 2.45) is 17.8 Å². The Morgan fingerprint density at radius 3 is 2.55 bits per heavy atom. The summed E-state index contributed by atoms with van der Waals surface area (Å²) in [6.45, 7) is 2.44. The van der Waals surface area contributed by atoms with Crippen LogP contribution in [0.1, 0.15) is 84.0 Å². The van der Waals surface area contributed by atoms with E-state index in [9.17, 15) is 27.6 Å². The van der Waals surface area contributed by atoms with Crippen LogP contribution in [0.25, 0.3) is 0 Å². The van der Waals surface area contributed by atoms with Crippen molar-refractivity contribution in [3.05, 3.63) is 12.2 Å². The number of carbonyl (C=O) groups excluding carboxylic acids is 4. The summed E-state index contributed by atoms with van der Waals surface area (Å²) in [5, 5.41) is 5.30. The van der Waals surface area contributed by atoms with Gasteiger partial charge in [-0.25, -0.2) is 8.42 Å². The van der Waals surface area contributed by atoms with Gasteiger partial charge in [0, 0.05) is 18.4 Å². The molecule has 1 saturated heterocycles. The second kappa shape index (κ2) is 10.6. The van der Waals surface area contributed by atoms with Crippen LogP contribution in [-0.2, 0) is 29.2 Å². The molecule has 0 radical (unpaired) electrons. The summed E-state index contributed by atoms with van der Waals surface area (Å²) in [5.74, 6) is -1.68. The van der Waals surface area contributed by atoms with Crippen molar-refractivity contribution in [1.82, 2.24) is 20.3 Å². The molecule has 11 heteroatoms. The third kappa shape index (κ3) is 5.77. The molecule has 10 nitrogen and oxygen atoms in total. The van der Waals surface area contributed by atoms with Gasteiger partial charge >= 0.3 is 0 Å². The third-order valence-electron chi connectivity index (χ3n) is 8.81. The van der Waals surface area contributed by atoms with Gasteiger partial charge in [-0.1, -0.05) is 38.3 Å². The standard InChI is InChI=1S/C27H40N4O6S/c1-2-17-14-22-24(33)29-27(26(35)30-38(36,37)20-12-13-20)15-19(27)8-6-4-3-5-7-9-21(25(34)31(22)16-17)28-23(32)18-10-11-18/h6,8,17-22H,2-5,7,9-16H2,1H3,(H,28,32)(H,29,33)(H,30,35)/b8-6-/t17-,19+,21+,22+,27-/m1/s1. The lowest BCUT2D eigenvalue weighted by Gasteiger charge is -2.30. The van der Waals surface area contributed by atoms with E-state index >= 15 is 0 Å². The van der Waals surface area contributed by atoms with E-state index in [1.165, 1.54) is 0 Å². The maximum Gasteiger partial charge on any atom is 0.259 e. The molecule has 5 rings (SSSR count). The number of nitrogens with one attached hydrogen (secondary N) is 3. The number of amides is 4. The van der Waals surface area contributed by atoms with E-state index in [4.69, 9.17) is 0 Å². The van der Waals surface area contributed by atoms with E-state index in [0.717, 1.165) is 44.9 Å². The van der Waals surface area contributed by atoms with Crippen LogP contribution >= 0.6 is 0 Å². The smallest absolute Gasteiger partial charge is 0.259 e. The lowest BCUT2D eigenvalue weighted by Crippen LogP contribution is -2.58. The monoisotopic (exact) mass is 548 g/mol. The van der Waals surface area contributed by atoms with Gasteiger partial charge in [0.25, 0.3) is 5.91 Å². The van der Waals surface area contributed by atoms with Crippen LogP contribution in [0, 0.1) is 17.8 Å². The minimum Gasteiger partial charge on any atom is -0.344 e. The highest BCUT2D eigenvalue weighted by Gasteiger charge is 2.62. The predicted molar refractivity (Wildman–Crippen MR) is 140 cm³/mol. The fourth-order valence-corrected chi connectivity index (χ4v) is 7.18. The van der Waals surface area contributed by atoms with E-state index in [0.29, 0.717) is 38.6 Å². The van der Waals surface area contributed by atoms with Gasteiger partial charge in [0.1, 0.15) is 17.6 Å². The van der Waals surface area contributed by atoms with Crippen molar-refractivity contribution < 1.29 is 27.6 Å². The van der Waals surface area contributed by atoms with Crippen molar-refractivity contribution in [1.29, 1.82) is 0 Å². The maximum absolute atomic E-state index is 13.8. The minimum absolute atomic E-state index is 0.0253. The largest absolute Gasteiger partial charge is 0.344 e. The number of nitrogens with zero attached hydrogens (tertiary/aromatic N) is 1. The molecule has 0 aromatic carbocycles. The Hall–Kier alpha value is -2.43. The minimum atomic E-state index is -3.77. The number of allylic oxidation sites excluding steroid dienone is 1. The normalized spacial score (nSPS) is 35.1. The Bertz CT molecular complexity index is 1110. The van der Waals surface area contributed by atoms with Crippen molar-refractivity contribution in [3.8, 4) is 0 Å². The molecule has 0 aromatic rings. The van der Waals surface area contributed by atoms with Gasteiger partial charge < -0.3 is 15.5 Å². The Kier molecular flexibility index (Phi) is 7.59. The molecule has 5 aliphatic rings. The number of sulfonamides is 1. The first-order valence-electron chi connectivity index (χ1n) is 14.3. The molecule has 0 unspecified atom stereocenters. The molecular weight excluding hydrogens is 508 g/mol. The summed E-state index contributed by atoms with van der Waals surface area (Å²) >= 11 is 0. The quantitative estimate of drug-likeness (QED) is 0.430. The second-order valence-corrected chi connectivity index (χ2v) is 13.8. The zero-order chi connectivity index (χ0) is 27.1. The number of hydrogen-bond donors (Lipinski definition) is 3. The van der Waals surface area contributed by atoms with E-state index in [1.54, 1.807) is 4.90 Å². The number of fused-ring (bicyclic) bond motifs is 2. The molecule has 4 amide bonds. The first-order valence-corrected chi connectivity index (χ1v) is 15.8. The highest BCUT2D eigenvalue weighted by atomic mass is 32.2. The number of rotatable bonds is 6. The van der Waals surface area contributed by atoms with Gasteiger partial charge in [-0.2, -0.15) is 0 Å². The highest BCUT2D eigenvalue weighted by molar-refractivity contribution is 7.91. The molecule has 5 atom stereocenters. The second-order valence-electron chi connectivity index (χ2n) is 11.9. The molecule has 2 aliphatic heterocycles. The molecule has 3 aliphatic carbocycles. The van der Waals surface area contributed by atoms with Gasteiger partial charge in [0.2, 0.25) is 27.7 Å². The van der Waals surface area contributed by atoms with Crippen LogP contribution in [0.3, 0.4) is 0 Å². The summed E-state index contributed by atoms with van der Waals surface area (Å²) in [7, 11) is -3.77. The molecule has 4 fully saturated rings. The van der Waals surface area contributed by atoms with E-state index in [-0.39, 0.29) is 29.6 Å². The fraction of sp³-hybridized carbons (Fsp3) is 0.778. The first kappa shape index (κ1) is 27.1. The molecule has 3 N–H and O–H groups in total.